The van der Waals surface area contributed by atoms with Gasteiger partial charge in [-0.25, -0.2) is 0 Å². The molecular weight excluding hydrogens is 256 g/mol. The molecule has 0 spiro atoms. The van der Waals surface area contributed by atoms with Gasteiger partial charge in [-0.05, 0) is 30.5 Å². The summed E-state index contributed by atoms with van der Waals surface area (Å²) in [5.41, 5.74) is 2.24. The zero-order chi connectivity index (χ0) is 11.3. The molecule has 0 aliphatic rings. The molecule has 0 aliphatic carbocycles. The molecule has 0 radical (unpaired) electrons. The summed E-state index contributed by atoms with van der Waals surface area (Å²) in [6, 6.07) is 5.99. The number of carbonyl (C=O) groups is 1. The quantitative estimate of drug-likeness (QED) is 0.786. The van der Waals surface area contributed by atoms with Gasteiger partial charge < -0.3 is 4.74 Å². The molecular formula is C12H15BrO2. The number of carbonyl (C=O) groups excluding carboxylic acids is 1. The molecule has 0 aliphatic heterocycles. The Kier molecular flexibility index (Phi) is 4.82. The Hall–Kier alpha value is -0.830. The zero-order valence-electron chi connectivity index (χ0n) is 9.05. The van der Waals surface area contributed by atoms with Gasteiger partial charge in [-0.3, -0.25) is 4.79 Å². The van der Waals surface area contributed by atoms with Crippen LogP contribution in [0.4, 0.5) is 0 Å². The number of hydrogen-bond acceptors (Lipinski definition) is 2. The first kappa shape index (κ1) is 12.2. The maximum Gasteiger partial charge on any atom is 0.310 e. The first-order valence-electron chi connectivity index (χ1n) is 5.10. The lowest BCUT2D eigenvalue weighted by Crippen LogP contribution is -2.07. The Balaban J connectivity index is 2.71. The molecule has 0 fully saturated rings. The average Bonchev–Trinajstić information content (AvgIpc) is 2.18. The molecule has 0 N–H and O–H groups in total. The summed E-state index contributed by atoms with van der Waals surface area (Å²) in [5, 5.41) is 0. The molecule has 0 unspecified atom stereocenters. The zero-order valence-corrected chi connectivity index (χ0v) is 10.6. The van der Waals surface area contributed by atoms with Gasteiger partial charge in [0, 0.05) is 4.47 Å². The lowest BCUT2D eigenvalue weighted by atomic mass is 10.1. The van der Waals surface area contributed by atoms with E-state index in [4.69, 9.17) is 4.74 Å². The van der Waals surface area contributed by atoms with Gasteiger partial charge in [-0.1, -0.05) is 35.0 Å². The number of esters is 1. The van der Waals surface area contributed by atoms with E-state index in [-0.39, 0.29) is 5.97 Å². The van der Waals surface area contributed by atoms with Crippen molar-refractivity contribution in [3.05, 3.63) is 33.8 Å². The van der Waals surface area contributed by atoms with Gasteiger partial charge in [0.05, 0.1) is 13.0 Å². The van der Waals surface area contributed by atoms with Crippen LogP contribution in [0.15, 0.2) is 22.7 Å². The summed E-state index contributed by atoms with van der Waals surface area (Å²) < 4.78 is 5.95. The molecule has 1 aromatic rings. The van der Waals surface area contributed by atoms with Crippen LogP contribution in [0.3, 0.4) is 0 Å². The minimum absolute atomic E-state index is 0.173. The van der Waals surface area contributed by atoms with Crippen molar-refractivity contribution in [2.75, 3.05) is 6.61 Å². The molecule has 0 bridgehead atoms. The Morgan fingerprint density at radius 1 is 1.40 bits per heavy atom. The largest absolute Gasteiger partial charge is 0.466 e. The number of hydrogen-bond donors (Lipinski definition) is 0. The smallest absolute Gasteiger partial charge is 0.310 e. The lowest BCUT2D eigenvalue weighted by molar-refractivity contribution is -0.142. The lowest BCUT2D eigenvalue weighted by Gasteiger charge is -2.05. The summed E-state index contributed by atoms with van der Waals surface area (Å²) in [6.45, 7) is 4.35. The van der Waals surface area contributed by atoms with Crippen molar-refractivity contribution >= 4 is 21.9 Å². The highest BCUT2D eigenvalue weighted by molar-refractivity contribution is 9.10. The average molecular weight is 271 g/mol. The predicted molar refractivity (Wildman–Crippen MR) is 63.9 cm³/mol. The van der Waals surface area contributed by atoms with E-state index in [9.17, 15) is 4.79 Å². The van der Waals surface area contributed by atoms with E-state index in [1.165, 1.54) is 5.56 Å². The second kappa shape index (κ2) is 5.91. The van der Waals surface area contributed by atoms with Gasteiger partial charge in [0.25, 0.3) is 0 Å². The van der Waals surface area contributed by atoms with Crippen molar-refractivity contribution in [1.29, 1.82) is 0 Å². The molecule has 2 nitrogen and oxygen atoms in total. The summed E-state index contributed by atoms with van der Waals surface area (Å²) in [5.74, 6) is -0.173. The van der Waals surface area contributed by atoms with Crippen LogP contribution in [0, 0.1) is 0 Å². The molecule has 0 aromatic heterocycles. The molecule has 0 saturated heterocycles. The Bertz CT molecular complexity index is 347. The van der Waals surface area contributed by atoms with E-state index < -0.39 is 0 Å². The topological polar surface area (TPSA) is 26.3 Å². The summed E-state index contributed by atoms with van der Waals surface area (Å²) in [4.78, 5) is 11.2. The first-order valence-corrected chi connectivity index (χ1v) is 5.89. The van der Waals surface area contributed by atoms with Gasteiger partial charge in [-0.2, -0.15) is 0 Å². The highest BCUT2D eigenvalue weighted by Gasteiger charge is 2.05. The van der Waals surface area contributed by atoms with Crippen LogP contribution in [0.1, 0.15) is 25.0 Å². The van der Waals surface area contributed by atoms with E-state index in [0.717, 1.165) is 16.5 Å². The molecule has 82 valence electrons. The van der Waals surface area contributed by atoms with Crippen molar-refractivity contribution in [2.45, 2.75) is 26.7 Å². The normalized spacial score (nSPS) is 10.1. The Morgan fingerprint density at radius 2 is 2.13 bits per heavy atom. The SMILES string of the molecule is CCOC(=O)Cc1ccc(CC)c(Br)c1. The van der Waals surface area contributed by atoms with Crippen LogP contribution in [-0.4, -0.2) is 12.6 Å². The van der Waals surface area contributed by atoms with Crippen LogP contribution >= 0.6 is 15.9 Å². The second-order valence-corrected chi connectivity index (χ2v) is 4.12. The number of benzene rings is 1. The van der Waals surface area contributed by atoms with E-state index in [1.807, 2.05) is 25.1 Å². The fourth-order valence-corrected chi connectivity index (χ4v) is 2.07. The Labute approximate surface area is 98.8 Å². The second-order valence-electron chi connectivity index (χ2n) is 3.26. The van der Waals surface area contributed by atoms with E-state index in [1.54, 1.807) is 0 Å². The minimum atomic E-state index is -0.173. The maximum absolute atomic E-state index is 11.2. The van der Waals surface area contributed by atoms with Crippen molar-refractivity contribution in [3.63, 3.8) is 0 Å². The molecule has 0 saturated carbocycles. The number of ether oxygens (including phenoxy) is 1. The van der Waals surface area contributed by atoms with E-state index in [2.05, 4.69) is 22.9 Å². The monoisotopic (exact) mass is 270 g/mol. The van der Waals surface area contributed by atoms with Gasteiger partial charge in [0.2, 0.25) is 0 Å². The van der Waals surface area contributed by atoms with Crippen LogP contribution in [0.2, 0.25) is 0 Å². The van der Waals surface area contributed by atoms with Crippen molar-refractivity contribution in [1.82, 2.24) is 0 Å². The number of aryl methyl sites for hydroxylation is 1. The molecule has 1 rings (SSSR count). The summed E-state index contributed by atoms with van der Waals surface area (Å²) in [6.07, 6.45) is 1.33. The third kappa shape index (κ3) is 3.67. The molecule has 1 aromatic carbocycles. The van der Waals surface area contributed by atoms with Gasteiger partial charge in [-0.15, -0.1) is 0 Å². The Morgan fingerprint density at radius 3 is 2.67 bits per heavy atom. The van der Waals surface area contributed by atoms with Gasteiger partial charge in [0.15, 0.2) is 0 Å². The highest BCUT2D eigenvalue weighted by Crippen LogP contribution is 2.19. The van der Waals surface area contributed by atoms with Crippen LogP contribution < -0.4 is 0 Å². The van der Waals surface area contributed by atoms with Crippen molar-refractivity contribution in [3.8, 4) is 0 Å². The third-order valence-electron chi connectivity index (χ3n) is 2.15. The van der Waals surface area contributed by atoms with E-state index in [0.29, 0.717) is 13.0 Å². The third-order valence-corrected chi connectivity index (χ3v) is 2.89. The van der Waals surface area contributed by atoms with Crippen molar-refractivity contribution < 1.29 is 9.53 Å². The molecule has 0 heterocycles. The van der Waals surface area contributed by atoms with Gasteiger partial charge >= 0.3 is 5.97 Å². The fourth-order valence-electron chi connectivity index (χ4n) is 1.37. The predicted octanol–water partition coefficient (Wildman–Crippen LogP) is 3.12. The summed E-state index contributed by atoms with van der Waals surface area (Å²) in [7, 11) is 0. The number of halogens is 1. The van der Waals surface area contributed by atoms with Crippen LogP contribution in [0.25, 0.3) is 0 Å². The maximum atomic E-state index is 11.2. The van der Waals surface area contributed by atoms with Crippen LogP contribution in [-0.2, 0) is 22.4 Å². The molecule has 0 atom stereocenters. The van der Waals surface area contributed by atoms with Crippen molar-refractivity contribution in [2.24, 2.45) is 0 Å². The molecule has 15 heavy (non-hydrogen) atoms. The standard InChI is InChI=1S/C12H15BrO2/c1-3-10-6-5-9(7-11(10)13)8-12(14)15-4-2/h5-7H,3-4,8H2,1-2H3. The summed E-state index contributed by atoms with van der Waals surface area (Å²) >= 11 is 3.48. The van der Waals surface area contributed by atoms with Gasteiger partial charge in [0.1, 0.15) is 0 Å². The molecule has 3 heteroatoms. The van der Waals surface area contributed by atoms with E-state index >= 15 is 0 Å². The highest BCUT2D eigenvalue weighted by atomic mass is 79.9. The minimum Gasteiger partial charge on any atom is -0.466 e. The van der Waals surface area contributed by atoms with Crippen LogP contribution in [0.5, 0.6) is 0 Å². The number of rotatable bonds is 4. The molecule has 0 amide bonds. The first-order chi connectivity index (χ1) is 7.17. The fraction of sp³-hybridized carbons (Fsp3) is 0.417.